The lowest BCUT2D eigenvalue weighted by Crippen LogP contribution is -2.14. The molecule has 5 heteroatoms. The summed E-state index contributed by atoms with van der Waals surface area (Å²) in [5.74, 6) is -0.230. The average molecular weight is 310 g/mol. The highest BCUT2D eigenvalue weighted by molar-refractivity contribution is 5.96. The van der Waals surface area contributed by atoms with Gasteiger partial charge in [0, 0.05) is 18.8 Å². The summed E-state index contributed by atoms with van der Waals surface area (Å²) in [4.78, 5) is 11.5. The fraction of sp³-hybridized carbons (Fsp3) is 0.588. The number of benzene rings is 1. The minimum absolute atomic E-state index is 0.0330. The van der Waals surface area contributed by atoms with Crippen molar-refractivity contribution in [3.63, 3.8) is 0 Å². The molecule has 0 bridgehead atoms. The zero-order valence-electron chi connectivity index (χ0n) is 13.6. The number of phenols is 1. The number of carbonyl (C=O) groups excluding carboxylic acids is 1. The Labute approximate surface area is 132 Å². The van der Waals surface area contributed by atoms with Gasteiger partial charge in [-0.15, -0.1) is 0 Å². The molecule has 5 nitrogen and oxygen atoms in total. The van der Waals surface area contributed by atoms with Crippen molar-refractivity contribution in [1.29, 1.82) is 0 Å². The van der Waals surface area contributed by atoms with Gasteiger partial charge in [-0.1, -0.05) is 19.4 Å². The van der Waals surface area contributed by atoms with Crippen LogP contribution in [0, 0.1) is 0 Å². The van der Waals surface area contributed by atoms with E-state index in [1.807, 2.05) is 6.92 Å². The Bertz CT molecular complexity index is 458. The maximum absolute atomic E-state index is 11.5. The monoisotopic (exact) mass is 310 g/mol. The maximum atomic E-state index is 11.5. The average Bonchev–Trinajstić information content (AvgIpc) is 2.50. The first kappa shape index (κ1) is 18.6. The third kappa shape index (κ3) is 6.13. The SMILES string of the molecule is CCCCOCCOC(OCC)c1ccc(O)c(C(C)=O)c1. The summed E-state index contributed by atoms with van der Waals surface area (Å²) in [6, 6.07) is 4.79. The third-order valence-electron chi connectivity index (χ3n) is 3.13. The molecule has 1 rings (SSSR count). The molecule has 0 saturated carbocycles. The second-order valence-corrected chi connectivity index (χ2v) is 4.96. The second-order valence-electron chi connectivity index (χ2n) is 4.96. The molecular formula is C17H26O5. The molecule has 1 unspecified atom stereocenters. The van der Waals surface area contributed by atoms with Crippen LogP contribution in [0.15, 0.2) is 18.2 Å². The second kappa shape index (κ2) is 10.3. The van der Waals surface area contributed by atoms with Crippen LogP contribution in [0.2, 0.25) is 0 Å². The van der Waals surface area contributed by atoms with Crippen LogP contribution < -0.4 is 0 Å². The zero-order valence-corrected chi connectivity index (χ0v) is 13.6. The first-order valence-corrected chi connectivity index (χ1v) is 7.74. The van der Waals surface area contributed by atoms with Crippen LogP contribution in [0.1, 0.15) is 55.8 Å². The molecule has 0 aromatic heterocycles. The Morgan fingerprint density at radius 1 is 1.18 bits per heavy atom. The normalized spacial score (nSPS) is 12.3. The molecule has 0 aliphatic carbocycles. The van der Waals surface area contributed by atoms with Crippen molar-refractivity contribution in [3.05, 3.63) is 29.3 Å². The number of carbonyl (C=O) groups is 1. The van der Waals surface area contributed by atoms with E-state index < -0.39 is 6.29 Å². The molecule has 0 amide bonds. The lowest BCUT2D eigenvalue weighted by Gasteiger charge is -2.19. The standard InChI is InChI=1S/C17H26O5/c1-4-6-9-20-10-11-22-17(21-5-2)14-7-8-16(19)15(12-14)13(3)18/h7-8,12,17,19H,4-6,9-11H2,1-3H3. The van der Waals surface area contributed by atoms with E-state index in [-0.39, 0.29) is 17.1 Å². The number of phenolic OH excluding ortho intramolecular Hbond substituents is 1. The van der Waals surface area contributed by atoms with Crippen LogP contribution in [-0.4, -0.2) is 37.3 Å². The Morgan fingerprint density at radius 2 is 1.95 bits per heavy atom. The van der Waals surface area contributed by atoms with Crippen LogP contribution in [-0.2, 0) is 14.2 Å². The molecule has 0 aliphatic heterocycles. The van der Waals surface area contributed by atoms with Gasteiger partial charge in [0.1, 0.15) is 5.75 Å². The Hall–Kier alpha value is -1.43. The molecule has 124 valence electrons. The van der Waals surface area contributed by atoms with Crippen molar-refractivity contribution < 1.29 is 24.1 Å². The molecule has 0 heterocycles. The molecule has 1 N–H and O–H groups in total. The zero-order chi connectivity index (χ0) is 16.4. The van der Waals surface area contributed by atoms with Crippen molar-refractivity contribution in [2.75, 3.05) is 26.4 Å². The molecule has 0 radical (unpaired) electrons. The van der Waals surface area contributed by atoms with Crippen molar-refractivity contribution in [2.24, 2.45) is 0 Å². The largest absolute Gasteiger partial charge is 0.507 e. The quantitative estimate of drug-likeness (QED) is 0.385. The highest BCUT2D eigenvalue weighted by Crippen LogP contribution is 2.25. The molecule has 0 spiro atoms. The number of rotatable bonds is 11. The van der Waals surface area contributed by atoms with Gasteiger partial charge in [-0.25, -0.2) is 0 Å². The lowest BCUT2D eigenvalue weighted by molar-refractivity contribution is -0.152. The summed E-state index contributed by atoms with van der Waals surface area (Å²) < 4.78 is 16.7. The summed E-state index contributed by atoms with van der Waals surface area (Å²) >= 11 is 0. The molecule has 0 fully saturated rings. The van der Waals surface area contributed by atoms with Crippen LogP contribution in [0.25, 0.3) is 0 Å². The topological polar surface area (TPSA) is 65.0 Å². The molecule has 1 atom stereocenters. The van der Waals surface area contributed by atoms with Crippen molar-refractivity contribution in [1.82, 2.24) is 0 Å². The number of aromatic hydroxyl groups is 1. The van der Waals surface area contributed by atoms with Crippen LogP contribution >= 0.6 is 0 Å². The number of Topliss-reactive ketones (excluding diaryl/α,β-unsaturated/α-hetero) is 1. The molecule has 1 aromatic carbocycles. The fourth-order valence-electron chi connectivity index (χ4n) is 1.94. The van der Waals surface area contributed by atoms with E-state index in [0.717, 1.165) is 19.4 Å². The summed E-state index contributed by atoms with van der Waals surface area (Å²) in [5, 5.41) is 9.69. The first-order chi connectivity index (χ1) is 10.6. The predicted octanol–water partition coefficient (Wildman–Crippen LogP) is 3.46. The maximum Gasteiger partial charge on any atom is 0.183 e. The van der Waals surface area contributed by atoms with Gasteiger partial charge in [0.2, 0.25) is 0 Å². The lowest BCUT2D eigenvalue weighted by atomic mass is 10.1. The third-order valence-corrected chi connectivity index (χ3v) is 3.13. The van der Waals surface area contributed by atoms with Gasteiger partial charge in [-0.2, -0.15) is 0 Å². The van der Waals surface area contributed by atoms with Crippen LogP contribution in [0.4, 0.5) is 0 Å². The number of ether oxygens (including phenoxy) is 3. The molecule has 1 aromatic rings. The van der Waals surface area contributed by atoms with E-state index in [1.165, 1.54) is 13.0 Å². The summed E-state index contributed by atoms with van der Waals surface area (Å²) in [7, 11) is 0. The van der Waals surface area contributed by atoms with E-state index in [9.17, 15) is 9.90 Å². The molecular weight excluding hydrogens is 284 g/mol. The van der Waals surface area contributed by atoms with Gasteiger partial charge in [0.05, 0.1) is 18.8 Å². The predicted molar refractivity (Wildman–Crippen MR) is 84.2 cm³/mol. The number of ketones is 1. The number of unbranched alkanes of at least 4 members (excludes halogenated alkanes) is 1. The Morgan fingerprint density at radius 3 is 2.59 bits per heavy atom. The summed E-state index contributed by atoms with van der Waals surface area (Å²) in [5.41, 5.74) is 0.975. The van der Waals surface area contributed by atoms with Crippen molar-refractivity contribution >= 4 is 5.78 Å². The van der Waals surface area contributed by atoms with Gasteiger partial charge in [-0.05, 0) is 32.4 Å². The van der Waals surface area contributed by atoms with Crippen molar-refractivity contribution in [2.45, 2.75) is 39.9 Å². The molecule has 22 heavy (non-hydrogen) atoms. The summed E-state index contributed by atoms with van der Waals surface area (Å²) in [6.45, 7) is 7.52. The van der Waals surface area contributed by atoms with E-state index in [0.29, 0.717) is 25.4 Å². The smallest absolute Gasteiger partial charge is 0.183 e. The van der Waals surface area contributed by atoms with Gasteiger partial charge < -0.3 is 19.3 Å². The Balaban J connectivity index is 2.62. The van der Waals surface area contributed by atoms with E-state index >= 15 is 0 Å². The van der Waals surface area contributed by atoms with Crippen LogP contribution in [0.3, 0.4) is 0 Å². The van der Waals surface area contributed by atoms with Crippen LogP contribution in [0.5, 0.6) is 5.75 Å². The molecule has 0 saturated heterocycles. The fourth-order valence-corrected chi connectivity index (χ4v) is 1.94. The number of hydrogen-bond acceptors (Lipinski definition) is 5. The van der Waals surface area contributed by atoms with Gasteiger partial charge in [0.15, 0.2) is 12.1 Å². The van der Waals surface area contributed by atoms with E-state index in [2.05, 4.69) is 6.92 Å². The highest BCUT2D eigenvalue weighted by atomic mass is 16.7. The minimum atomic E-state index is -0.571. The van der Waals surface area contributed by atoms with E-state index in [4.69, 9.17) is 14.2 Å². The minimum Gasteiger partial charge on any atom is -0.507 e. The highest BCUT2D eigenvalue weighted by Gasteiger charge is 2.15. The summed E-state index contributed by atoms with van der Waals surface area (Å²) in [6.07, 6.45) is 1.57. The Kier molecular flexibility index (Phi) is 8.74. The molecule has 0 aliphatic rings. The van der Waals surface area contributed by atoms with E-state index in [1.54, 1.807) is 12.1 Å². The first-order valence-electron chi connectivity index (χ1n) is 7.74. The van der Waals surface area contributed by atoms with Crippen molar-refractivity contribution in [3.8, 4) is 5.75 Å². The van der Waals surface area contributed by atoms with Gasteiger partial charge in [0.25, 0.3) is 0 Å². The van der Waals surface area contributed by atoms with Gasteiger partial charge >= 0.3 is 0 Å². The van der Waals surface area contributed by atoms with Gasteiger partial charge in [-0.3, -0.25) is 4.79 Å². The number of hydrogen-bond donors (Lipinski definition) is 1.